The van der Waals surface area contributed by atoms with E-state index in [1.54, 1.807) is 0 Å². The van der Waals surface area contributed by atoms with Gasteiger partial charge in [0.25, 0.3) is 0 Å². The summed E-state index contributed by atoms with van der Waals surface area (Å²) in [4.78, 5) is 24.2. The van der Waals surface area contributed by atoms with E-state index in [4.69, 9.17) is 0 Å². The van der Waals surface area contributed by atoms with Crippen molar-refractivity contribution < 1.29 is 9.59 Å². The van der Waals surface area contributed by atoms with Crippen LogP contribution in [0.1, 0.15) is 45.4 Å². The molecular formula is C13H23NO2. The molecule has 1 rings (SSSR count). The van der Waals surface area contributed by atoms with Gasteiger partial charge in [0, 0.05) is 13.3 Å². The molecule has 1 aliphatic heterocycles. The minimum absolute atomic E-state index is 0.205. The quantitative estimate of drug-likeness (QED) is 0.513. The van der Waals surface area contributed by atoms with Crippen LogP contribution in [-0.4, -0.2) is 36.6 Å². The normalized spacial score (nSPS) is 18.6. The molecule has 1 aliphatic rings. The molecule has 0 unspecified atom stereocenters. The highest BCUT2D eigenvalue weighted by Crippen LogP contribution is 2.21. The summed E-state index contributed by atoms with van der Waals surface area (Å²) >= 11 is 0. The van der Waals surface area contributed by atoms with E-state index in [0.29, 0.717) is 6.42 Å². The Bertz CT molecular complexity index is 242. The number of piperidine rings is 1. The smallest absolute Gasteiger partial charge is 0.198 e. The highest BCUT2D eigenvalue weighted by molar-refractivity contribution is 6.36. The van der Waals surface area contributed by atoms with Crippen LogP contribution in [0.15, 0.2) is 0 Å². The van der Waals surface area contributed by atoms with Gasteiger partial charge in [-0.3, -0.25) is 9.59 Å². The second kappa shape index (κ2) is 6.79. The van der Waals surface area contributed by atoms with Crippen molar-refractivity contribution >= 4 is 11.6 Å². The van der Waals surface area contributed by atoms with Gasteiger partial charge in [-0.25, -0.2) is 0 Å². The second-order valence-electron chi connectivity index (χ2n) is 4.97. The van der Waals surface area contributed by atoms with Crippen LogP contribution in [0.5, 0.6) is 0 Å². The molecule has 0 aromatic carbocycles. The fourth-order valence-corrected chi connectivity index (χ4v) is 2.25. The number of nitrogens with zero attached hydrogens (tertiary/aromatic N) is 1. The van der Waals surface area contributed by atoms with Gasteiger partial charge in [-0.05, 0) is 45.3 Å². The number of unbranched alkanes of at least 4 members (excludes halogenated alkanes) is 1. The van der Waals surface area contributed by atoms with Crippen LogP contribution in [0.3, 0.4) is 0 Å². The van der Waals surface area contributed by atoms with Crippen LogP contribution in [-0.2, 0) is 9.59 Å². The summed E-state index contributed by atoms with van der Waals surface area (Å²) < 4.78 is 0. The van der Waals surface area contributed by atoms with Crippen LogP contribution in [0.25, 0.3) is 0 Å². The Morgan fingerprint density at radius 1 is 1.19 bits per heavy atom. The molecule has 3 heteroatoms. The molecule has 0 aliphatic carbocycles. The van der Waals surface area contributed by atoms with Gasteiger partial charge in [-0.1, -0.05) is 12.8 Å². The summed E-state index contributed by atoms with van der Waals surface area (Å²) in [6.07, 6.45) is 6.22. The standard InChI is InChI=1S/C13H23NO2/c1-11(15)13(16)6-4-3-5-12-7-9-14(2)10-8-12/h12H,3-10H2,1-2H3. The Morgan fingerprint density at radius 3 is 2.38 bits per heavy atom. The van der Waals surface area contributed by atoms with Crippen LogP contribution in [0.2, 0.25) is 0 Å². The minimum Gasteiger partial charge on any atom is -0.306 e. The molecule has 3 nitrogen and oxygen atoms in total. The zero-order chi connectivity index (χ0) is 12.0. The maximum atomic E-state index is 11.1. The van der Waals surface area contributed by atoms with E-state index in [-0.39, 0.29) is 11.6 Å². The van der Waals surface area contributed by atoms with E-state index in [1.807, 2.05) is 0 Å². The minimum atomic E-state index is -0.292. The molecule has 0 amide bonds. The number of Topliss-reactive ketones (excluding diaryl/α,β-unsaturated/α-hetero) is 2. The molecule has 0 radical (unpaired) electrons. The fraction of sp³-hybridized carbons (Fsp3) is 0.846. The highest BCUT2D eigenvalue weighted by Gasteiger charge is 2.16. The van der Waals surface area contributed by atoms with Crippen LogP contribution >= 0.6 is 0 Å². The molecule has 0 aromatic rings. The molecule has 0 atom stereocenters. The largest absolute Gasteiger partial charge is 0.306 e. The zero-order valence-corrected chi connectivity index (χ0v) is 10.5. The molecule has 0 bridgehead atoms. The highest BCUT2D eigenvalue weighted by atomic mass is 16.2. The first-order chi connectivity index (χ1) is 7.59. The Labute approximate surface area is 98.2 Å². The average molecular weight is 225 g/mol. The van der Waals surface area contributed by atoms with E-state index in [2.05, 4.69) is 11.9 Å². The van der Waals surface area contributed by atoms with Crippen molar-refractivity contribution in [3.8, 4) is 0 Å². The summed E-state index contributed by atoms with van der Waals surface area (Å²) in [6, 6.07) is 0. The van der Waals surface area contributed by atoms with Crippen molar-refractivity contribution in [1.82, 2.24) is 4.90 Å². The number of likely N-dealkylation sites (tertiary alicyclic amines) is 1. The molecule has 1 saturated heterocycles. The molecule has 1 fully saturated rings. The number of hydrogen-bond donors (Lipinski definition) is 0. The van der Waals surface area contributed by atoms with Gasteiger partial charge in [0.1, 0.15) is 0 Å². The lowest BCUT2D eigenvalue weighted by atomic mass is 9.91. The van der Waals surface area contributed by atoms with E-state index >= 15 is 0 Å². The van der Waals surface area contributed by atoms with Gasteiger partial charge < -0.3 is 4.90 Å². The molecule has 0 N–H and O–H groups in total. The van der Waals surface area contributed by atoms with Crippen molar-refractivity contribution in [3.63, 3.8) is 0 Å². The molecule has 0 spiro atoms. The summed E-state index contributed by atoms with van der Waals surface area (Å²) in [7, 11) is 2.17. The summed E-state index contributed by atoms with van der Waals surface area (Å²) in [5.74, 6) is 0.339. The van der Waals surface area contributed by atoms with Crippen LogP contribution < -0.4 is 0 Å². The first-order valence-corrected chi connectivity index (χ1v) is 6.32. The average Bonchev–Trinajstić information content (AvgIpc) is 2.26. The summed E-state index contributed by atoms with van der Waals surface area (Å²) in [5.41, 5.74) is 0. The predicted molar refractivity (Wildman–Crippen MR) is 64.4 cm³/mol. The molecular weight excluding hydrogens is 202 g/mol. The third kappa shape index (κ3) is 4.88. The SMILES string of the molecule is CC(=O)C(=O)CCCCC1CCN(C)CC1. The maximum absolute atomic E-state index is 11.1. The molecule has 1 heterocycles. The van der Waals surface area contributed by atoms with E-state index < -0.39 is 0 Å². The maximum Gasteiger partial charge on any atom is 0.198 e. The molecule has 92 valence electrons. The van der Waals surface area contributed by atoms with Crippen molar-refractivity contribution in [2.24, 2.45) is 5.92 Å². The fourth-order valence-electron chi connectivity index (χ4n) is 2.25. The summed E-state index contributed by atoms with van der Waals surface area (Å²) in [5, 5.41) is 0. The monoisotopic (exact) mass is 225 g/mol. The predicted octanol–water partition coefficient (Wildman–Crippen LogP) is 2.05. The third-order valence-corrected chi connectivity index (χ3v) is 3.50. The Balaban J connectivity index is 2.03. The summed E-state index contributed by atoms with van der Waals surface area (Å²) in [6.45, 7) is 3.77. The van der Waals surface area contributed by atoms with Crippen molar-refractivity contribution in [3.05, 3.63) is 0 Å². The first kappa shape index (κ1) is 13.4. The number of carbonyl (C=O) groups is 2. The zero-order valence-electron chi connectivity index (χ0n) is 10.5. The van der Waals surface area contributed by atoms with E-state index in [9.17, 15) is 9.59 Å². The van der Waals surface area contributed by atoms with Gasteiger partial charge in [-0.15, -0.1) is 0 Å². The number of ketones is 2. The Kier molecular flexibility index (Phi) is 5.67. The first-order valence-electron chi connectivity index (χ1n) is 6.32. The van der Waals surface area contributed by atoms with Gasteiger partial charge in [0.2, 0.25) is 0 Å². The van der Waals surface area contributed by atoms with Crippen molar-refractivity contribution in [2.45, 2.75) is 45.4 Å². The lowest BCUT2D eigenvalue weighted by molar-refractivity contribution is -0.135. The lowest BCUT2D eigenvalue weighted by Crippen LogP contribution is -2.30. The third-order valence-electron chi connectivity index (χ3n) is 3.50. The lowest BCUT2D eigenvalue weighted by Gasteiger charge is -2.28. The topological polar surface area (TPSA) is 37.4 Å². The molecule has 0 saturated carbocycles. The molecule has 0 aromatic heterocycles. The van der Waals surface area contributed by atoms with Gasteiger partial charge >= 0.3 is 0 Å². The van der Waals surface area contributed by atoms with Gasteiger partial charge in [0.15, 0.2) is 11.6 Å². The van der Waals surface area contributed by atoms with Crippen LogP contribution in [0.4, 0.5) is 0 Å². The number of hydrogen-bond acceptors (Lipinski definition) is 3. The molecule has 16 heavy (non-hydrogen) atoms. The second-order valence-corrected chi connectivity index (χ2v) is 4.97. The van der Waals surface area contributed by atoms with E-state index in [1.165, 1.54) is 39.3 Å². The Morgan fingerprint density at radius 2 is 1.81 bits per heavy atom. The van der Waals surface area contributed by atoms with Crippen LogP contribution in [0, 0.1) is 5.92 Å². The van der Waals surface area contributed by atoms with Crippen molar-refractivity contribution in [1.29, 1.82) is 0 Å². The van der Waals surface area contributed by atoms with Crippen molar-refractivity contribution in [2.75, 3.05) is 20.1 Å². The Hall–Kier alpha value is -0.700. The van der Waals surface area contributed by atoms with Gasteiger partial charge in [-0.2, -0.15) is 0 Å². The number of rotatable bonds is 6. The van der Waals surface area contributed by atoms with E-state index in [0.717, 1.165) is 18.8 Å². The number of carbonyl (C=O) groups excluding carboxylic acids is 2. The van der Waals surface area contributed by atoms with Gasteiger partial charge in [0.05, 0.1) is 0 Å².